The summed E-state index contributed by atoms with van der Waals surface area (Å²) in [6, 6.07) is 69.2. The van der Waals surface area contributed by atoms with Gasteiger partial charge in [0.15, 0.2) is 0 Å². The minimum atomic E-state index is 0.195. The van der Waals surface area contributed by atoms with E-state index in [9.17, 15) is 0 Å². The van der Waals surface area contributed by atoms with Crippen molar-refractivity contribution in [1.82, 2.24) is 39.0 Å². The zero-order valence-electron chi connectivity index (χ0n) is 42.3. The summed E-state index contributed by atoms with van der Waals surface area (Å²) in [5.41, 5.74) is 6.48. The Morgan fingerprint density at radius 2 is 0.750 bits per heavy atom. The van der Waals surface area contributed by atoms with Crippen molar-refractivity contribution in [3.8, 4) is 11.9 Å². The summed E-state index contributed by atoms with van der Waals surface area (Å²) >= 11 is 0.407. The first-order valence-electron chi connectivity index (χ1n) is 26.6. The average molecular weight is 1150 g/mol. The second-order valence-corrected chi connectivity index (χ2v) is 24.9. The average Bonchev–Trinajstić information content (AvgIpc) is 4.43. The molecule has 19 rings (SSSR count). The summed E-state index contributed by atoms with van der Waals surface area (Å²) in [4.78, 5) is 29.8. The fraction of sp³-hybridized carbons (Fsp3) is 0. The molecular weight excluding hydrogens is 1110 g/mol. The number of para-hydroxylation sites is 2. The van der Waals surface area contributed by atoms with E-state index in [1.807, 2.05) is 37.2 Å². The summed E-state index contributed by atoms with van der Waals surface area (Å²) < 4.78 is 10.2. The van der Waals surface area contributed by atoms with E-state index < -0.39 is 0 Å². The van der Waals surface area contributed by atoms with Crippen LogP contribution < -0.4 is 0 Å². The molecule has 0 amide bonds. The van der Waals surface area contributed by atoms with Gasteiger partial charge in [0.1, 0.15) is 0 Å². The second kappa shape index (κ2) is 16.9. The molecule has 0 aliphatic rings. The molecule has 8 aromatic heterocycles. The third-order valence-corrected chi connectivity index (χ3v) is 21.5. The van der Waals surface area contributed by atoms with Crippen LogP contribution in [0.1, 0.15) is 0 Å². The SMILES string of the molecule is c1ccc2c(c1)[se]c1c3ccncc3c3c4ccccc4n(-c4ncc5c6ccccc6c6ccccc6c5n4)c3c21.c1ccc2c(c1)ccc1nc(-n3c4ccccc4c4c5cnccc5c5[se]c6ccccc6c5c43)ncc12. The molecule has 10 heteroatoms. The number of aromatic nitrogens is 8. The van der Waals surface area contributed by atoms with E-state index in [0.717, 1.165) is 38.2 Å². The molecule has 0 atom stereocenters. The molecule has 0 N–H and O–H groups in total. The van der Waals surface area contributed by atoms with E-state index in [1.165, 1.54) is 120 Å². The van der Waals surface area contributed by atoms with Gasteiger partial charge in [0.2, 0.25) is 0 Å². The number of benzene rings is 11. The van der Waals surface area contributed by atoms with Gasteiger partial charge >= 0.3 is 469 Å². The normalized spacial score (nSPS) is 12.2. The fourth-order valence-electron chi connectivity index (χ4n) is 13.1. The first kappa shape index (κ1) is 44.3. The molecule has 0 radical (unpaired) electrons. The number of rotatable bonds is 2. The number of fused-ring (bicyclic) bond motifs is 29. The van der Waals surface area contributed by atoms with Crippen LogP contribution in [-0.4, -0.2) is 68.0 Å². The molecule has 0 fully saturated rings. The van der Waals surface area contributed by atoms with Gasteiger partial charge in [-0.15, -0.1) is 0 Å². The van der Waals surface area contributed by atoms with Crippen LogP contribution in [0.2, 0.25) is 0 Å². The molecule has 80 heavy (non-hydrogen) atoms. The molecule has 8 heterocycles. The Labute approximate surface area is 466 Å². The monoisotopic (exact) mass is 1150 g/mol. The Hall–Kier alpha value is -9.66. The van der Waals surface area contributed by atoms with Crippen LogP contribution in [0.4, 0.5) is 0 Å². The van der Waals surface area contributed by atoms with Crippen molar-refractivity contribution in [3.05, 3.63) is 231 Å². The summed E-state index contributed by atoms with van der Waals surface area (Å²) in [5, 5.41) is 24.3. The maximum absolute atomic E-state index is 5.40. The van der Waals surface area contributed by atoms with Gasteiger partial charge in [0.05, 0.1) is 0 Å². The fourth-order valence-corrected chi connectivity index (χ4v) is 18.3. The van der Waals surface area contributed by atoms with Gasteiger partial charge in [0.25, 0.3) is 0 Å². The van der Waals surface area contributed by atoms with Crippen molar-refractivity contribution in [1.29, 1.82) is 0 Å². The third-order valence-electron chi connectivity index (χ3n) is 16.4. The van der Waals surface area contributed by atoms with Crippen molar-refractivity contribution >= 4 is 187 Å². The van der Waals surface area contributed by atoms with E-state index in [4.69, 9.17) is 19.9 Å². The van der Waals surface area contributed by atoms with Gasteiger partial charge in [-0.3, -0.25) is 0 Å². The van der Waals surface area contributed by atoms with Gasteiger partial charge in [-0.1, -0.05) is 0 Å². The first-order chi connectivity index (χ1) is 39.7. The van der Waals surface area contributed by atoms with Crippen LogP contribution in [0.25, 0.3) is 170 Å². The molecule has 0 aliphatic heterocycles. The molecule has 0 saturated carbocycles. The van der Waals surface area contributed by atoms with Gasteiger partial charge in [0, 0.05) is 0 Å². The molecule has 0 aliphatic carbocycles. The van der Waals surface area contributed by atoms with Crippen molar-refractivity contribution < 1.29 is 0 Å². The Balaban J connectivity index is 0.000000124. The van der Waals surface area contributed by atoms with Gasteiger partial charge in [-0.2, -0.15) is 0 Å². The van der Waals surface area contributed by atoms with Crippen molar-refractivity contribution in [2.75, 3.05) is 0 Å². The number of hydrogen-bond donors (Lipinski definition) is 0. The van der Waals surface area contributed by atoms with E-state index in [2.05, 4.69) is 213 Å². The Morgan fingerprint density at radius 1 is 0.300 bits per heavy atom. The van der Waals surface area contributed by atoms with E-state index >= 15 is 0 Å². The summed E-state index contributed by atoms with van der Waals surface area (Å²) in [6.07, 6.45) is 11.9. The molecule has 8 nitrogen and oxygen atoms in total. The summed E-state index contributed by atoms with van der Waals surface area (Å²) in [5.74, 6) is 1.39. The zero-order valence-corrected chi connectivity index (χ0v) is 45.8. The molecule has 0 saturated heterocycles. The van der Waals surface area contributed by atoms with Crippen LogP contribution in [0, 0.1) is 0 Å². The molecule has 0 spiro atoms. The van der Waals surface area contributed by atoms with Crippen LogP contribution in [0.15, 0.2) is 231 Å². The minimum absolute atomic E-state index is 0.195. The predicted octanol–water partition coefficient (Wildman–Crippen LogP) is 16.7. The summed E-state index contributed by atoms with van der Waals surface area (Å²) in [6.45, 7) is 0. The molecule has 370 valence electrons. The van der Waals surface area contributed by atoms with Crippen molar-refractivity contribution in [2.24, 2.45) is 0 Å². The predicted molar refractivity (Wildman–Crippen MR) is 335 cm³/mol. The standard InChI is InChI=1S/C37H20N4Se.C33H18N4Se/c1-2-11-23-21(9-1)22-10-3-4-12-24(22)34-29(23)20-39-37(40-34)41-30-15-7-5-13-26(30)32-28-19-38-18-17-25(28)36-33(35(32)41)27-14-6-8-16-31(27)42-36;1-2-8-20-19(7-1)13-14-26-24(20)18-35-33(36-26)37-27-11-5-3-9-22(27)29-25-17-34-16-15-21(25)32-30(31(29)37)23-10-4-6-12-28(23)38-32/h1-20H;1-18H. The van der Waals surface area contributed by atoms with Crippen LogP contribution in [0.3, 0.4) is 0 Å². The summed E-state index contributed by atoms with van der Waals surface area (Å²) in [7, 11) is 0. The van der Waals surface area contributed by atoms with Crippen LogP contribution in [-0.2, 0) is 0 Å². The van der Waals surface area contributed by atoms with Crippen LogP contribution in [0.5, 0.6) is 0 Å². The third kappa shape index (κ3) is 6.16. The molecule has 0 unspecified atom stereocenters. The van der Waals surface area contributed by atoms with Gasteiger partial charge in [-0.25, -0.2) is 0 Å². The van der Waals surface area contributed by atoms with Crippen molar-refractivity contribution in [2.45, 2.75) is 0 Å². The number of pyridine rings is 2. The maximum atomic E-state index is 5.40. The quantitative estimate of drug-likeness (QED) is 0.127. The molecular formula is C70H38N8Se2. The zero-order chi connectivity index (χ0) is 52.2. The Kier molecular flexibility index (Phi) is 9.38. The van der Waals surface area contributed by atoms with E-state index in [-0.39, 0.29) is 29.0 Å². The number of hydrogen-bond acceptors (Lipinski definition) is 6. The number of nitrogens with zero attached hydrogens (tertiary/aromatic N) is 8. The van der Waals surface area contributed by atoms with Crippen LogP contribution >= 0.6 is 0 Å². The Morgan fingerprint density at radius 3 is 1.34 bits per heavy atom. The molecule has 19 aromatic rings. The van der Waals surface area contributed by atoms with E-state index in [0.29, 0.717) is 11.9 Å². The Bertz CT molecular complexity index is 5860. The van der Waals surface area contributed by atoms with Gasteiger partial charge in [-0.05, 0) is 0 Å². The topological polar surface area (TPSA) is 87.2 Å². The second-order valence-electron chi connectivity index (χ2n) is 20.5. The van der Waals surface area contributed by atoms with Crippen molar-refractivity contribution in [3.63, 3.8) is 0 Å². The van der Waals surface area contributed by atoms with Gasteiger partial charge < -0.3 is 0 Å². The molecule has 11 aromatic carbocycles. The molecule has 0 bridgehead atoms. The van der Waals surface area contributed by atoms with E-state index in [1.54, 1.807) is 0 Å². The first-order valence-corrected chi connectivity index (χ1v) is 30.1.